The molecule has 1 amide bonds. The Balaban J connectivity index is 0.00000200. The van der Waals surface area contributed by atoms with E-state index in [4.69, 9.17) is 4.74 Å². The van der Waals surface area contributed by atoms with Gasteiger partial charge in [0.1, 0.15) is 5.75 Å². The molecule has 0 saturated heterocycles. The molecule has 0 aliphatic rings. The molecule has 20 heavy (non-hydrogen) atoms. The maximum atomic E-state index is 12.0. The molecule has 0 aliphatic heterocycles. The zero-order valence-electron chi connectivity index (χ0n) is 11.6. The van der Waals surface area contributed by atoms with Crippen LogP contribution >= 0.6 is 12.4 Å². The van der Waals surface area contributed by atoms with Gasteiger partial charge < -0.3 is 10.1 Å². The first-order chi connectivity index (χ1) is 9.13. The normalized spacial score (nSPS) is 9.55. The van der Waals surface area contributed by atoms with E-state index in [1.54, 1.807) is 31.6 Å². The smallest absolute Gasteiger partial charge is 0.257 e. The van der Waals surface area contributed by atoms with Crippen LogP contribution in [0.3, 0.4) is 0 Å². The van der Waals surface area contributed by atoms with Crippen molar-refractivity contribution in [2.45, 2.75) is 13.8 Å². The van der Waals surface area contributed by atoms with E-state index in [1.807, 2.05) is 26.0 Å². The monoisotopic (exact) mass is 292 g/mol. The van der Waals surface area contributed by atoms with Crippen LogP contribution in [-0.2, 0) is 0 Å². The molecule has 0 saturated carbocycles. The summed E-state index contributed by atoms with van der Waals surface area (Å²) >= 11 is 0. The lowest BCUT2D eigenvalue weighted by atomic mass is 10.1. The highest BCUT2D eigenvalue weighted by Crippen LogP contribution is 2.27. The first-order valence-electron chi connectivity index (χ1n) is 5.99. The van der Waals surface area contributed by atoms with Crippen molar-refractivity contribution >= 4 is 24.0 Å². The minimum Gasteiger partial charge on any atom is -0.496 e. The molecule has 0 spiro atoms. The summed E-state index contributed by atoms with van der Waals surface area (Å²) in [7, 11) is 1.63. The van der Waals surface area contributed by atoms with E-state index in [2.05, 4.69) is 10.3 Å². The van der Waals surface area contributed by atoms with Gasteiger partial charge in [-0.3, -0.25) is 9.78 Å². The molecule has 5 heteroatoms. The van der Waals surface area contributed by atoms with Crippen molar-refractivity contribution < 1.29 is 9.53 Å². The minimum absolute atomic E-state index is 0. The first-order valence-corrected chi connectivity index (χ1v) is 5.99. The van der Waals surface area contributed by atoms with Crippen molar-refractivity contribution in [3.8, 4) is 5.75 Å². The van der Waals surface area contributed by atoms with E-state index in [0.29, 0.717) is 5.56 Å². The summed E-state index contributed by atoms with van der Waals surface area (Å²) in [5, 5.41) is 2.88. The summed E-state index contributed by atoms with van der Waals surface area (Å²) in [6, 6.07) is 7.16. The molecule has 0 aliphatic carbocycles. The SMILES string of the molecule is COc1ccc(NC(=O)c2cccnc2)c(C)c1C.Cl. The predicted molar refractivity (Wildman–Crippen MR) is 81.9 cm³/mol. The number of hydrogen-bond donors (Lipinski definition) is 1. The van der Waals surface area contributed by atoms with Crippen LogP contribution in [0.2, 0.25) is 0 Å². The van der Waals surface area contributed by atoms with Gasteiger partial charge in [0.15, 0.2) is 0 Å². The van der Waals surface area contributed by atoms with E-state index in [9.17, 15) is 4.79 Å². The number of pyridine rings is 1. The van der Waals surface area contributed by atoms with Gasteiger partial charge in [-0.1, -0.05) is 0 Å². The van der Waals surface area contributed by atoms with Gasteiger partial charge in [-0.2, -0.15) is 0 Å². The average molecular weight is 293 g/mol. The number of aromatic nitrogens is 1. The van der Waals surface area contributed by atoms with Crippen LogP contribution < -0.4 is 10.1 Å². The number of rotatable bonds is 3. The largest absolute Gasteiger partial charge is 0.496 e. The highest BCUT2D eigenvalue weighted by atomic mass is 35.5. The van der Waals surface area contributed by atoms with Gasteiger partial charge in [-0.05, 0) is 49.2 Å². The lowest BCUT2D eigenvalue weighted by molar-refractivity contribution is 0.102. The molecule has 4 nitrogen and oxygen atoms in total. The number of ether oxygens (including phenoxy) is 1. The van der Waals surface area contributed by atoms with Crippen LogP contribution in [0.1, 0.15) is 21.5 Å². The fraction of sp³-hybridized carbons (Fsp3) is 0.200. The highest BCUT2D eigenvalue weighted by molar-refractivity contribution is 6.04. The average Bonchev–Trinajstić information content (AvgIpc) is 2.45. The molecule has 1 aromatic heterocycles. The van der Waals surface area contributed by atoms with E-state index in [0.717, 1.165) is 22.6 Å². The fourth-order valence-corrected chi connectivity index (χ4v) is 1.84. The topological polar surface area (TPSA) is 51.2 Å². The zero-order valence-corrected chi connectivity index (χ0v) is 12.5. The summed E-state index contributed by atoms with van der Waals surface area (Å²) < 4.78 is 5.25. The number of amides is 1. The third kappa shape index (κ3) is 3.27. The van der Waals surface area contributed by atoms with E-state index >= 15 is 0 Å². The van der Waals surface area contributed by atoms with Crippen molar-refractivity contribution in [1.82, 2.24) is 4.98 Å². The molecule has 0 bridgehead atoms. The minimum atomic E-state index is -0.166. The number of methoxy groups -OCH3 is 1. The Morgan fingerprint density at radius 2 is 1.95 bits per heavy atom. The van der Waals surface area contributed by atoms with Gasteiger partial charge >= 0.3 is 0 Å². The molecule has 1 heterocycles. The molecule has 2 aromatic rings. The third-order valence-electron chi connectivity index (χ3n) is 3.13. The Hall–Kier alpha value is -2.07. The second-order valence-corrected chi connectivity index (χ2v) is 4.26. The van der Waals surface area contributed by atoms with Crippen molar-refractivity contribution in [3.05, 3.63) is 53.3 Å². The molecular formula is C15H17ClN2O2. The molecule has 106 valence electrons. The van der Waals surface area contributed by atoms with Gasteiger partial charge in [-0.15, -0.1) is 12.4 Å². The highest BCUT2D eigenvalue weighted by Gasteiger charge is 2.10. The molecule has 0 atom stereocenters. The Bertz CT molecular complexity index is 600. The maximum Gasteiger partial charge on any atom is 0.257 e. The number of nitrogens with zero attached hydrogens (tertiary/aromatic N) is 1. The van der Waals surface area contributed by atoms with Gasteiger partial charge in [0, 0.05) is 18.1 Å². The standard InChI is InChI=1S/C15H16N2O2.ClH/c1-10-11(2)14(19-3)7-6-13(10)17-15(18)12-5-4-8-16-9-12;/h4-9H,1-3H3,(H,17,18);1H. The van der Waals surface area contributed by atoms with Crippen LogP contribution in [0.4, 0.5) is 5.69 Å². The van der Waals surface area contributed by atoms with Crippen LogP contribution in [0.5, 0.6) is 5.75 Å². The number of benzene rings is 1. The molecule has 0 radical (unpaired) electrons. The summed E-state index contributed by atoms with van der Waals surface area (Å²) in [4.78, 5) is 16.0. The number of anilines is 1. The fourth-order valence-electron chi connectivity index (χ4n) is 1.84. The maximum absolute atomic E-state index is 12.0. The second-order valence-electron chi connectivity index (χ2n) is 4.26. The van der Waals surface area contributed by atoms with Crippen molar-refractivity contribution in [2.24, 2.45) is 0 Å². The molecule has 1 N–H and O–H groups in total. The van der Waals surface area contributed by atoms with E-state index in [1.165, 1.54) is 0 Å². The summed E-state index contributed by atoms with van der Waals surface area (Å²) in [6.45, 7) is 3.92. The summed E-state index contributed by atoms with van der Waals surface area (Å²) in [5.74, 6) is 0.651. The van der Waals surface area contributed by atoms with Gasteiger partial charge in [-0.25, -0.2) is 0 Å². The summed E-state index contributed by atoms with van der Waals surface area (Å²) in [5.41, 5.74) is 3.34. The van der Waals surface area contributed by atoms with Crippen LogP contribution in [-0.4, -0.2) is 18.0 Å². The van der Waals surface area contributed by atoms with Crippen molar-refractivity contribution in [3.63, 3.8) is 0 Å². The first kappa shape index (κ1) is 16.0. The van der Waals surface area contributed by atoms with Crippen LogP contribution in [0.25, 0.3) is 0 Å². The lowest BCUT2D eigenvalue weighted by Crippen LogP contribution is -2.13. The second kappa shape index (κ2) is 6.91. The number of carbonyl (C=O) groups excluding carboxylic acids is 1. The molecule has 0 unspecified atom stereocenters. The van der Waals surface area contributed by atoms with E-state index in [-0.39, 0.29) is 18.3 Å². The van der Waals surface area contributed by atoms with Crippen LogP contribution in [0.15, 0.2) is 36.7 Å². The van der Waals surface area contributed by atoms with Gasteiger partial charge in [0.25, 0.3) is 5.91 Å². The van der Waals surface area contributed by atoms with Crippen LogP contribution in [0, 0.1) is 13.8 Å². The number of carbonyl (C=O) groups is 1. The summed E-state index contributed by atoms with van der Waals surface area (Å²) in [6.07, 6.45) is 3.18. The predicted octanol–water partition coefficient (Wildman–Crippen LogP) is 3.38. The Morgan fingerprint density at radius 3 is 2.55 bits per heavy atom. The van der Waals surface area contributed by atoms with Gasteiger partial charge in [0.05, 0.1) is 12.7 Å². The number of halogens is 1. The Kier molecular flexibility index (Phi) is 5.53. The molecular weight excluding hydrogens is 276 g/mol. The molecule has 0 fully saturated rings. The third-order valence-corrected chi connectivity index (χ3v) is 3.13. The van der Waals surface area contributed by atoms with E-state index < -0.39 is 0 Å². The Labute approximate surface area is 124 Å². The van der Waals surface area contributed by atoms with Gasteiger partial charge in [0.2, 0.25) is 0 Å². The Morgan fingerprint density at radius 1 is 1.20 bits per heavy atom. The lowest BCUT2D eigenvalue weighted by Gasteiger charge is -2.13. The number of hydrogen-bond acceptors (Lipinski definition) is 3. The molecule has 1 aromatic carbocycles. The quantitative estimate of drug-likeness (QED) is 0.943. The number of nitrogens with one attached hydrogen (secondary N) is 1. The zero-order chi connectivity index (χ0) is 13.8. The van der Waals surface area contributed by atoms with Crippen molar-refractivity contribution in [1.29, 1.82) is 0 Å². The van der Waals surface area contributed by atoms with Crippen molar-refractivity contribution in [2.75, 3.05) is 12.4 Å². The molecule has 2 rings (SSSR count).